The van der Waals surface area contributed by atoms with Gasteiger partial charge >= 0.3 is 5.97 Å². The van der Waals surface area contributed by atoms with Gasteiger partial charge in [-0.25, -0.2) is 4.98 Å². The Bertz CT molecular complexity index is 995. The number of aliphatic carboxylic acids is 1. The van der Waals surface area contributed by atoms with E-state index in [1.807, 2.05) is 54.1 Å². The second kappa shape index (κ2) is 11.1. The third kappa shape index (κ3) is 6.54. The summed E-state index contributed by atoms with van der Waals surface area (Å²) in [6.07, 6.45) is 10.2. The number of benzene rings is 2. The number of nitrogens with zero attached hydrogens (tertiary/aromatic N) is 2. The number of aryl methyl sites for hydroxylation is 1. The fourth-order valence-corrected chi connectivity index (χ4v) is 3.41. The van der Waals surface area contributed by atoms with E-state index in [9.17, 15) is 9.59 Å². The number of unbranched alkanes of at least 4 members (excludes halogenated alkanes) is 4. The van der Waals surface area contributed by atoms with Crippen molar-refractivity contribution in [1.82, 2.24) is 9.55 Å². The van der Waals surface area contributed by atoms with Crippen LogP contribution < -0.4 is 4.74 Å². The van der Waals surface area contributed by atoms with Crippen LogP contribution in [0.15, 0.2) is 61.2 Å². The molecule has 0 amide bonds. The van der Waals surface area contributed by atoms with Crippen molar-refractivity contribution >= 4 is 11.8 Å². The summed E-state index contributed by atoms with van der Waals surface area (Å²) < 4.78 is 7.75. The molecular formula is C25H28N2O4. The molecule has 6 heteroatoms. The molecule has 0 spiro atoms. The second-order valence-corrected chi connectivity index (χ2v) is 7.59. The van der Waals surface area contributed by atoms with E-state index in [0.29, 0.717) is 17.7 Å². The predicted molar refractivity (Wildman–Crippen MR) is 119 cm³/mol. The smallest absolute Gasteiger partial charge is 0.303 e. The first kappa shape index (κ1) is 22.3. The topological polar surface area (TPSA) is 81.4 Å². The quantitative estimate of drug-likeness (QED) is 0.321. The summed E-state index contributed by atoms with van der Waals surface area (Å²) in [4.78, 5) is 27.4. The Morgan fingerprint density at radius 3 is 2.35 bits per heavy atom. The number of carboxylic acid groups (broad SMARTS) is 1. The molecule has 0 saturated heterocycles. The minimum absolute atomic E-state index is 0.0202. The van der Waals surface area contributed by atoms with Crippen LogP contribution in [0.25, 0.3) is 5.69 Å². The molecule has 0 aliphatic carbocycles. The summed E-state index contributed by atoms with van der Waals surface area (Å²) in [5.74, 6) is 0.0401. The van der Waals surface area contributed by atoms with Gasteiger partial charge < -0.3 is 14.4 Å². The Morgan fingerprint density at radius 2 is 1.68 bits per heavy atom. The number of carbonyl (C=O) groups is 2. The van der Waals surface area contributed by atoms with Crippen molar-refractivity contribution in [2.24, 2.45) is 0 Å². The van der Waals surface area contributed by atoms with E-state index < -0.39 is 5.97 Å². The van der Waals surface area contributed by atoms with Gasteiger partial charge in [-0.15, -0.1) is 0 Å². The van der Waals surface area contributed by atoms with Crippen LogP contribution in [-0.4, -0.2) is 33.0 Å². The van der Waals surface area contributed by atoms with Gasteiger partial charge in [-0.2, -0.15) is 0 Å². The van der Waals surface area contributed by atoms with Crippen molar-refractivity contribution in [2.45, 2.75) is 45.4 Å². The summed E-state index contributed by atoms with van der Waals surface area (Å²) in [7, 11) is 0. The van der Waals surface area contributed by atoms with Crippen molar-refractivity contribution in [3.63, 3.8) is 0 Å². The van der Waals surface area contributed by atoms with Gasteiger partial charge in [0.05, 0.1) is 12.9 Å². The van der Waals surface area contributed by atoms with Crippen LogP contribution in [0.4, 0.5) is 0 Å². The molecule has 0 fully saturated rings. The SMILES string of the molecule is Cc1cc(C(=O)c2ccc(-n3ccnc3)cc2)ccc1OCCCCCCCC(=O)O. The van der Waals surface area contributed by atoms with Gasteiger partial charge in [-0.3, -0.25) is 9.59 Å². The second-order valence-electron chi connectivity index (χ2n) is 7.59. The molecule has 6 nitrogen and oxygen atoms in total. The van der Waals surface area contributed by atoms with Crippen molar-refractivity contribution in [3.8, 4) is 11.4 Å². The summed E-state index contributed by atoms with van der Waals surface area (Å²) in [5.41, 5.74) is 3.16. The van der Waals surface area contributed by atoms with Gasteiger partial charge in [0, 0.05) is 35.6 Å². The number of carbonyl (C=O) groups excluding carboxylic acids is 1. The number of ketones is 1. The monoisotopic (exact) mass is 420 g/mol. The standard InChI is InChI=1S/C25H28N2O4/c1-19-17-21(10-13-23(19)31-16-6-4-2-3-5-7-24(28)29)25(30)20-8-11-22(12-9-20)27-15-14-26-18-27/h8-15,17-18H,2-7,16H2,1H3,(H,28,29). The van der Waals surface area contributed by atoms with Crippen LogP contribution in [0.5, 0.6) is 5.75 Å². The highest BCUT2D eigenvalue weighted by Gasteiger charge is 2.11. The molecule has 1 N–H and O–H groups in total. The summed E-state index contributed by atoms with van der Waals surface area (Å²) in [5, 5.41) is 8.63. The lowest BCUT2D eigenvalue weighted by molar-refractivity contribution is -0.137. The number of imidazole rings is 1. The number of hydrogen-bond acceptors (Lipinski definition) is 4. The van der Waals surface area contributed by atoms with Crippen LogP contribution in [0.3, 0.4) is 0 Å². The lowest BCUT2D eigenvalue weighted by atomic mass is 10.0. The van der Waals surface area contributed by atoms with Gasteiger partial charge in [-0.05, 0) is 67.8 Å². The molecule has 0 unspecified atom stereocenters. The van der Waals surface area contributed by atoms with Crippen molar-refractivity contribution in [1.29, 1.82) is 0 Å². The molecule has 0 radical (unpaired) electrons. The first-order valence-electron chi connectivity index (χ1n) is 10.6. The summed E-state index contributed by atoms with van der Waals surface area (Å²) in [6, 6.07) is 13.0. The van der Waals surface area contributed by atoms with Gasteiger partial charge in [0.2, 0.25) is 0 Å². The largest absolute Gasteiger partial charge is 0.493 e. The van der Waals surface area contributed by atoms with E-state index in [0.717, 1.165) is 49.1 Å². The normalized spacial score (nSPS) is 10.7. The fraction of sp³-hybridized carbons (Fsp3) is 0.320. The molecule has 0 atom stereocenters. The molecular weight excluding hydrogens is 392 g/mol. The Hall–Kier alpha value is -3.41. The molecule has 3 aromatic rings. The van der Waals surface area contributed by atoms with Crippen LogP contribution in [-0.2, 0) is 4.79 Å². The van der Waals surface area contributed by atoms with Gasteiger partial charge in [0.1, 0.15) is 5.75 Å². The fourth-order valence-electron chi connectivity index (χ4n) is 3.41. The number of rotatable bonds is 12. The highest BCUT2D eigenvalue weighted by molar-refractivity contribution is 6.09. The highest BCUT2D eigenvalue weighted by Crippen LogP contribution is 2.22. The zero-order valence-electron chi connectivity index (χ0n) is 17.8. The van der Waals surface area contributed by atoms with Crippen LogP contribution in [0.2, 0.25) is 0 Å². The molecule has 2 aromatic carbocycles. The minimum Gasteiger partial charge on any atom is -0.493 e. The van der Waals surface area contributed by atoms with E-state index in [2.05, 4.69) is 4.98 Å². The molecule has 0 saturated carbocycles. The maximum atomic E-state index is 12.8. The van der Waals surface area contributed by atoms with E-state index in [4.69, 9.17) is 9.84 Å². The molecule has 1 heterocycles. The number of hydrogen-bond donors (Lipinski definition) is 1. The van der Waals surface area contributed by atoms with E-state index >= 15 is 0 Å². The van der Waals surface area contributed by atoms with Crippen LogP contribution in [0, 0.1) is 6.92 Å². The zero-order valence-corrected chi connectivity index (χ0v) is 17.8. The zero-order chi connectivity index (χ0) is 22.1. The Kier molecular flexibility index (Phi) is 7.98. The number of carboxylic acids is 1. The third-order valence-electron chi connectivity index (χ3n) is 5.16. The van der Waals surface area contributed by atoms with Crippen molar-refractivity contribution in [2.75, 3.05) is 6.61 Å². The highest BCUT2D eigenvalue weighted by atomic mass is 16.5. The van der Waals surface area contributed by atoms with Crippen LogP contribution >= 0.6 is 0 Å². The predicted octanol–water partition coefficient (Wildman–Crippen LogP) is 5.22. The van der Waals surface area contributed by atoms with Crippen molar-refractivity contribution in [3.05, 3.63) is 77.9 Å². The minimum atomic E-state index is -0.729. The molecule has 162 valence electrons. The molecule has 0 bridgehead atoms. The molecule has 3 rings (SSSR count). The maximum absolute atomic E-state index is 12.8. The molecule has 0 aliphatic rings. The first-order chi connectivity index (χ1) is 15.0. The Labute approximate surface area is 182 Å². The number of aromatic nitrogens is 2. The molecule has 1 aromatic heterocycles. The third-order valence-corrected chi connectivity index (χ3v) is 5.16. The summed E-state index contributed by atoms with van der Waals surface area (Å²) in [6.45, 7) is 2.56. The van der Waals surface area contributed by atoms with E-state index in [1.165, 1.54) is 0 Å². The molecule has 31 heavy (non-hydrogen) atoms. The van der Waals surface area contributed by atoms with Gasteiger partial charge in [0.25, 0.3) is 0 Å². The number of ether oxygens (including phenoxy) is 1. The Balaban J connectivity index is 1.48. The first-order valence-corrected chi connectivity index (χ1v) is 10.6. The average Bonchev–Trinajstić information content (AvgIpc) is 3.31. The van der Waals surface area contributed by atoms with Crippen molar-refractivity contribution < 1.29 is 19.4 Å². The maximum Gasteiger partial charge on any atom is 0.303 e. The Morgan fingerprint density at radius 1 is 0.968 bits per heavy atom. The van der Waals surface area contributed by atoms with Crippen LogP contribution in [0.1, 0.15) is 60.0 Å². The lowest BCUT2D eigenvalue weighted by Crippen LogP contribution is -2.04. The van der Waals surface area contributed by atoms with E-state index in [-0.39, 0.29) is 12.2 Å². The van der Waals surface area contributed by atoms with E-state index in [1.54, 1.807) is 18.6 Å². The van der Waals surface area contributed by atoms with Gasteiger partial charge in [0.15, 0.2) is 5.78 Å². The molecule has 0 aliphatic heterocycles. The lowest BCUT2D eigenvalue weighted by Gasteiger charge is -2.11. The van der Waals surface area contributed by atoms with Gasteiger partial charge in [-0.1, -0.05) is 19.3 Å². The average molecular weight is 421 g/mol. The summed E-state index contributed by atoms with van der Waals surface area (Å²) >= 11 is 0.